The summed E-state index contributed by atoms with van der Waals surface area (Å²) >= 11 is 0. The van der Waals surface area contributed by atoms with Gasteiger partial charge in [0.15, 0.2) is 0 Å². The Labute approximate surface area is 221 Å². The summed E-state index contributed by atoms with van der Waals surface area (Å²) < 4.78 is 40.0. The number of benzene rings is 1. The molecule has 0 fully saturated rings. The molecule has 0 aliphatic carbocycles. The number of anilines is 1. The third-order valence-corrected chi connectivity index (χ3v) is 6.30. The van der Waals surface area contributed by atoms with Crippen LogP contribution < -0.4 is 10.6 Å². The van der Waals surface area contributed by atoms with Crippen molar-refractivity contribution in [3.8, 4) is 0 Å². The number of carbonyl (C=O) groups is 2. The van der Waals surface area contributed by atoms with Crippen LogP contribution in [-0.4, -0.2) is 78.9 Å². The van der Waals surface area contributed by atoms with E-state index in [0.717, 1.165) is 36.3 Å². The summed E-state index contributed by atoms with van der Waals surface area (Å²) in [5.41, 5.74) is 2.46. The summed E-state index contributed by atoms with van der Waals surface area (Å²) in [6.45, 7) is 0.669. The number of halogens is 2. The van der Waals surface area contributed by atoms with Crippen LogP contribution >= 0.6 is 0 Å². The number of hydrogen-bond donors (Lipinski definition) is 3. The fourth-order valence-corrected chi connectivity index (χ4v) is 4.19. The number of amides is 1. The number of aryl methyl sites for hydroxylation is 2. The van der Waals surface area contributed by atoms with Gasteiger partial charge in [-0.3, -0.25) is 4.90 Å². The average molecular weight is 535 g/mol. The number of alkyl carbamates (subject to hydrolysis) is 1. The van der Waals surface area contributed by atoms with Crippen LogP contribution in [0.3, 0.4) is 0 Å². The van der Waals surface area contributed by atoms with Gasteiger partial charge in [0.25, 0.3) is 5.92 Å². The molecule has 3 N–H and O–H groups in total. The lowest BCUT2D eigenvalue weighted by Gasteiger charge is -2.28. The summed E-state index contributed by atoms with van der Waals surface area (Å²) in [5.74, 6) is -3.53. The molecule has 1 aromatic heterocycles. The smallest absolute Gasteiger partial charge is 0.408 e. The number of methoxy groups -OCH3 is 1. The third kappa shape index (κ3) is 9.86. The topological polar surface area (TPSA) is 113 Å². The van der Waals surface area contributed by atoms with Gasteiger partial charge in [-0.1, -0.05) is 36.4 Å². The molecular formula is C27H36F2N4O5. The predicted molar refractivity (Wildman–Crippen MR) is 138 cm³/mol. The highest BCUT2D eigenvalue weighted by molar-refractivity contribution is 5.79. The Bertz CT molecular complexity index is 1040. The molecule has 0 spiro atoms. The first-order valence-electron chi connectivity index (χ1n) is 12.8. The third-order valence-electron chi connectivity index (χ3n) is 6.30. The van der Waals surface area contributed by atoms with Gasteiger partial charge in [0, 0.05) is 38.9 Å². The molecule has 0 saturated carbocycles. The highest BCUT2D eigenvalue weighted by Gasteiger charge is 2.32. The van der Waals surface area contributed by atoms with E-state index in [0.29, 0.717) is 5.69 Å². The summed E-state index contributed by atoms with van der Waals surface area (Å²) in [4.78, 5) is 29.8. The number of rotatable bonds is 15. The highest BCUT2D eigenvalue weighted by atomic mass is 19.3. The van der Waals surface area contributed by atoms with Gasteiger partial charge in [-0.05, 0) is 42.9 Å². The molecule has 0 bridgehead atoms. The second-order valence-corrected chi connectivity index (χ2v) is 9.35. The number of fused-ring (bicyclic) bond motifs is 1. The van der Waals surface area contributed by atoms with Crippen molar-refractivity contribution in [1.29, 1.82) is 0 Å². The molecule has 0 radical (unpaired) electrons. The second kappa shape index (κ2) is 14.6. The number of pyridine rings is 1. The predicted octanol–water partition coefficient (Wildman–Crippen LogP) is 3.73. The minimum atomic E-state index is -3.03. The van der Waals surface area contributed by atoms with E-state index in [4.69, 9.17) is 9.47 Å². The molecule has 9 nitrogen and oxygen atoms in total. The number of nitrogens with zero attached hydrogens (tertiary/aromatic N) is 2. The fraction of sp³-hybridized carbons (Fsp3) is 0.519. The maximum absolute atomic E-state index is 14.9. The Morgan fingerprint density at radius 1 is 1.21 bits per heavy atom. The molecule has 0 saturated heterocycles. The van der Waals surface area contributed by atoms with Crippen molar-refractivity contribution in [1.82, 2.24) is 15.2 Å². The zero-order valence-corrected chi connectivity index (χ0v) is 21.6. The lowest BCUT2D eigenvalue weighted by molar-refractivity contribution is -0.139. The van der Waals surface area contributed by atoms with Crippen LogP contribution in [0.4, 0.5) is 19.4 Å². The van der Waals surface area contributed by atoms with Gasteiger partial charge < -0.3 is 25.2 Å². The van der Waals surface area contributed by atoms with E-state index in [1.54, 1.807) is 30.3 Å². The van der Waals surface area contributed by atoms with Crippen molar-refractivity contribution in [3.63, 3.8) is 0 Å². The molecule has 3 rings (SSSR count). The molecule has 1 atom stereocenters. The van der Waals surface area contributed by atoms with E-state index in [1.165, 1.54) is 12.0 Å². The minimum absolute atomic E-state index is 0.0136. The molecule has 0 unspecified atom stereocenters. The number of carbonyl (C=O) groups excluding carboxylic acids is 1. The number of nitrogens with one attached hydrogen (secondary N) is 2. The fourth-order valence-electron chi connectivity index (χ4n) is 4.19. The number of carboxylic acid groups (broad SMARTS) is 1. The van der Waals surface area contributed by atoms with Gasteiger partial charge in [-0.2, -0.15) is 0 Å². The Balaban J connectivity index is 1.51. The number of ether oxygens (including phenoxy) is 2. The summed E-state index contributed by atoms with van der Waals surface area (Å²) in [6, 6.07) is 11.4. The monoisotopic (exact) mass is 534 g/mol. The van der Waals surface area contributed by atoms with Crippen molar-refractivity contribution < 1.29 is 33.0 Å². The normalized spacial score (nSPS) is 13.9. The van der Waals surface area contributed by atoms with Gasteiger partial charge in [-0.15, -0.1) is 0 Å². The first-order chi connectivity index (χ1) is 18.3. The van der Waals surface area contributed by atoms with E-state index >= 15 is 0 Å². The van der Waals surface area contributed by atoms with Crippen LogP contribution in [0.1, 0.15) is 36.1 Å². The van der Waals surface area contributed by atoms with E-state index in [9.17, 15) is 23.5 Å². The highest BCUT2D eigenvalue weighted by Crippen LogP contribution is 2.25. The van der Waals surface area contributed by atoms with Crippen molar-refractivity contribution >= 4 is 17.9 Å². The zero-order valence-electron chi connectivity index (χ0n) is 21.6. The van der Waals surface area contributed by atoms with E-state index in [-0.39, 0.29) is 39.1 Å². The van der Waals surface area contributed by atoms with Crippen LogP contribution in [0, 0.1) is 0 Å². The van der Waals surface area contributed by atoms with Crippen molar-refractivity contribution in [3.05, 3.63) is 59.3 Å². The van der Waals surface area contributed by atoms with Crippen molar-refractivity contribution in [2.24, 2.45) is 0 Å². The lowest BCUT2D eigenvalue weighted by Crippen LogP contribution is -2.45. The molecule has 208 valence electrons. The summed E-state index contributed by atoms with van der Waals surface area (Å²) in [7, 11) is 1.47. The zero-order chi connectivity index (χ0) is 27.4. The van der Waals surface area contributed by atoms with E-state index < -0.39 is 37.0 Å². The summed E-state index contributed by atoms with van der Waals surface area (Å²) in [6.07, 6.45) is 0.713. The average Bonchev–Trinajstić information content (AvgIpc) is 2.91. The quantitative estimate of drug-likeness (QED) is 0.317. The SMILES string of the molecule is COCCN(CC[C@H](NC(=O)OCc1ccccc1)C(=O)O)CC(F)(F)CCc1ccc2c(n1)NCCC2. The first-order valence-corrected chi connectivity index (χ1v) is 12.8. The van der Waals surface area contributed by atoms with Gasteiger partial charge in [0.2, 0.25) is 0 Å². The largest absolute Gasteiger partial charge is 0.480 e. The standard InChI is InChI=1S/C27H36F2N4O5/c1-37-17-16-33(15-12-23(25(34)35)32-26(36)38-18-20-6-3-2-4-7-20)19-27(28,29)13-11-22-10-9-21-8-5-14-30-24(21)31-22/h2-4,6-7,9-10,23H,5,8,11-19H2,1H3,(H,30,31)(H,32,36)(H,34,35)/t23-/m0/s1. The van der Waals surface area contributed by atoms with Crippen LogP contribution in [0.2, 0.25) is 0 Å². The molecule has 1 amide bonds. The van der Waals surface area contributed by atoms with Crippen LogP contribution in [0.25, 0.3) is 0 Å². The summed E-state index contributed by atoms with van der Waals surface area (Å²) in [5, 5.41) is 15.1. The van der Waals surface area contributed by atoms with Crippen LogP contribution in [0.5, 0.6) is 0 Å². The van der Waals surface area contributed by atoms with Gasteiger partial charge >= 0.3 is 12.1 Å². The van der Waals surface area contributed by atoms with E-state index in [1.807, 2.05) is 12.1 Å². The Hall–Kier alpha value is -3.31. The number of aromatic nitrogens is 1. The molecule has 2 heterocycles. The molecule has 38 heavy (non-hydrogen) atoms. The number of carboxylic acids is 1. The Morgan fingerprint density at radius 3 is 2.74 bits per heavy atom. The van der Waals surface area contributed by atoms with Crippen molar-refractivity contribution in [2.75, 3.05) is 45.2 Å². The maximum Gasteiger partial charge on any atom is 0.408 e. The molecule has 1 aliphatic rings. The maximum atomic E-state index is 14.9. The number of hydrogen-bond acceptors (Lipinski definition) is 7. The molecule has 1 aromatic carbocycles. The van der Waals surface area contributed by atoms with Gasteiger partial charge in [0.1, 0.15) is 18.5 Å². The molecule has 2 aromatic rings. The first kappa shape index (κ1) is 29.2. The lowest BCUT2D eigenvalue weighted by atomic mass is 10.0. The molecule has 1 aliphatic heterocycles. The van der Waals surface area contributed by atoms with Crippen LogP contribution in [-0.2, 0) is 33.7 Å². The van der Waals surface area contributed by atoms with Gasteiger partial charge in [-0.25, -0.2) is 23.4 Å². The Kier molecular flexibility index (Phi) is 11.2. The molecular weight excluding hydrogens is 498 g/mol. The van der Waals surface area contributed by atoms with Gasteiger partial charge in [0.05, 0.1) is 13.2 Å². The van der Waals surface area contributed by atoms with Crippen molar-refractivity contribution in [2.45, 2.75) is 50.7 Å². The number of alkyl halides is 2. The molecule has 11 heteroatoms. The second-order valence-electron chi connectivity index (χ2n) is 9.35. The number of aliphatic carboxylic acids is 1. The van der Waals surface area contributed by atoms with Crippen LogP contribution in [0.15, 0.2) is 42.5 Å². The minimum Gasteiger partial charge on any atom is -0.480 e. The van der Waals surface area contributed by atoms with E-state index in [2.05, 4.69) is 15.6 Å². The Morgan fingerprint density at radius 2 is 2.00 bits per heavy atom.